The molecule has 0 aliphatic carbocycles. The molecular weight excluding hydrogens is 268 g/mol. The Bertz CT molecular complexity index is 687. The van der Waals surface area contributed by atoms with E-state index in [-0.39, 0.29) is 5.91 Å². The van der Waals surface area contributed by atoms with Crippen LogP contribution in [0.1, 0.15) is 12.5 Å². The van der Waals surface area contributed by atoms with Gasteiger partial charge in [-0.25, -0.2) is 9.97 Å². The van der Waals surface area contributed by atoms with Gasteiger partial charge in [-0.2, -0.15) is 0 Å². The number of hydrogen-bond donors (Lipinski definition) is 1. The minimum absolute atomic E-state index is 0.180. The average molecular weight is 284 g/mol. The first-order valence-corrected chi connectivity index (χ1v) is 6.73. The summed E-state index contributed by atoms with van der Waals surface area (Å²) in [7, 11) is 2.08. The van der Waals surface area contributed by atoms with Crippen LogP contribution in [0.2, 0.25) is 0 Å². The Hall–Kier alpha value is -2.63. The zero-order valence-electron chi connectivity index (χ0n) is 12.0. The zero-order valence-corrected chi connectivity index (χ0v) is 12.0. The van der Waals surface area contributed by atoms with Gasteiger partial charge in [-0.05, 0) is 30.2 Å². The Labute approximate surface area is 122 Å². The number of benzene rings is 1. The maximum atomic E-state index is 11.0. The van der Waals surface area contributed by atoms with E-state index >= 15 is 0 Å². The van der Waals surface area contributed by atoms with E-state index < -0.39 is 0 Å². The molecule has 0 atom stereocenters. The van der Waals surface area contributed by atoms with Crippen molar-refractivity contribution >= 4 is 17.4 Å². The summed E-state index contributed by atoms with van der Waals surface area (Å²) in [5, 5.41) is 2.60. The van der Waals surface area contributed by atoms with E-state index in [9.17, 15) is 4.79 Å². The maximum absolute atomic E-state index is 11.0. The summed E-state index contributed by atoms with van der Waals surface area (Å²) in [4.78, 5) is 21.3. The molecule has 1 aliphatic heterocycles. The number of nitrogens with one attached hydrogen (secondary N) is 1. The minimum atomic E-state index is -0.180. The van der Waals surface area contributed by atoms with Gasteiger partial charge in [-0.1, -0.05) is 0 Å². The number of anilines is 2. The number of fused-ring (bicyclic) bond motifs is 1. The van der Waals surface area contributed by atoms with Crippen molar-refractivity contribution in [1.29, 1.82) is 0 Å². The van der Waals surface area contributed by atoms with E-state index in [1.807, 2.05) is 18.2 Å². The van der Waals surface area contributed by atoms with Crippen molar-refractivity contribution in [1.82, 2.24) is 9.97 Å². The molecular formula is C15H16N4O2. The second kappa shape index (κ2) is 5.40. The summed E-state index contributed by atoms with van der Waals surface area (Å²) >= 11 is 0. The molecule has 3 rings (SSSR count). The average Bonchev–Trinajstić information content (AvgIpc) is 2.80. The third-order valence-electron chi connectivity index (χ3n) is 3.35. The topological polar surface area (TPSA) is 67.3 Å². The molecule has 6 heteroatoms. The molecule has 0 saturated carbocycles. The maximum Gasteiger partial charge on any atom is 0.224 e. The van der Waals surface area contributed by atoms with Crippen LogP contribution in [-0.4, -0.2) is 29.5 Å². The Morgan fingerprint density at radius 2 is 2.19 bits per heavy atom. The molecule has 0 fully saturated rings. The Morgan fingerprint density at radius 1 is 1.33 bits per heavy atom. The van der Waals surface area contributed by atoms with Gasteiger partial charge in [0.25, 0.3) is 0 Å². The number of aromatic nitrogens is 2. The number of nitrogens with zero attached hydrogens (tertiary/aromatic N) is 3. The molecule has 0 saturated heterocycles. The highest BCUT2D eigenvalue weighted by Crippen LogP contribution is 2.31. The summed E-state index contributed by atoms with van der Waals surface area (Å²) in [5.41, 5.74) is 2.51. The van der Waals surface area contributed by atoms with Crippen LogP contribution < -0.4 is 15.0 Å². The van der Waals surface area contributed by atoms with Crippen LogP contribution in [-0.2, 0) is 11.2 Å². The second-order valence-electron chi connectivity index (χ2n) is 4.99. The predicted octanol–water partition coefficient (Wildman–Crippen LogP) is 2.22. The van der Waals surface area contributed by atoms with Crippen molar-refractivity contribution < 1.29 is 9.53 Å². The van der Waals surface area contributed by atoms with E-state index in [4.69, 9.17) is 4.74 Å². The van der Waals surface area contributed by atoms with Crippen molar-refractivity contribution in [2.75, 3.05) is 23.8 Å². The Kier molecular flexibility index (Phi) is 3.43. The van der Waals surface area contributed by atoms with Gasteiger partial charge >= 0.3 is 0 Å². The van der Waals surface area contributed by atoms with Gasteiger partial charge in [0.05, 0.1) is 0 Å². The largest absolute Gasteiger partial charge is 0.439 e. The minimum Gasteiger partial charge on any atom is -0.439 e. The molecule has 2 aromatic rings. The molecule has 0 unspecified atom stereocenters. The number of ether oxygens (including phenoxy) is 1. The smallest absolute Gasteiger partial charge is 0.224 e. The standard InChI is InChI=1S/C15H16N4O2/c1-10(20)18-14-8-15(17-9-16-14)21-12-3-4-13-11(7-12)5-6-19(13)2/h3-4,7-9H,5-6H2,1-2H3,(H,16,17,18,20). The normalized spacial score (nSPS) is 13.0. The number of amides is 1. The van der Waals surface area contributed by atoms with Crippen LogP contribution in [0.25, 0.3) is 0 Å². The van der Waals surface area contributed by atoms with Gasteiger partial charge in [0, 0.05) is 32.3 Å². The molecule has 1 aromatic carbocycles. The fourth-order valence-corrected chi connectivity index (χ4v) is 2.37. The molecule has 21 heavy (non-hydrogen) atoms. The molecule has 1 aromatic heterocycles. The first-order chi connectivity index (χ1) is 10.1. The van der Waals surface area contributed by atoms with Gasteiger partial charge < -0.3 is 15.0 Å². The third kappa shape index (κ3) is 2.94. The highest BCUT2D eigenvalue weighted by atomic mass is 16.5. The summed E-state index contributed by atoms with van der Waals surface area (Å²) in [6.07, 6.45) is 2.38. The number of hydrogen-bond acceptors (Lipinski definition) is 5. The van der Waals surface area contributed by atoms with Crippen molar-refractivity contribution in [3.05, 3.63) is 36.2 Å². The lowest BCUT2D eigenvalue weighted by atomic mass is 10.1. The lowest BCUT2D eigenvalue weighted by Crippen LogP contribution is -2.12. The van der Waals surface area contributed by atoms with Crippen molar-refractivity contribution in [2.45, 2.75) is 13.3 Å². The van der Waals surface area contributed by atoms with Crippen LogP contribution in [0.3, 0.4) is 0 Å². The molecule has 1 aliphatic rings. The zero-order chi connectivity index (χ0) is 14.8. The summed E-state index contributed by atoms with van der Waals surface area (Å²) in [5.74, 6) is 1.38. The fraction of sp³-hybridized carbons (Fsp3) is 0.267. The van der Waals surface area contributed by atoms with Crippen LogP contribution in [0.4, 0.5) is 11.5 Å². The van der Waals surface area contributed by atoms with E-state index in [0.717, 1.165) is 18.7 Å². The highest BCUT2D eigenvalue weighted by Gasteiger charge is 2.16. The molecule has 0 radical (unpaired) electrons. The number of carbonyl (C=O) groups is 1. The van der Waals surface area contributed by atoms with Crippen molar-refractivity contribution in [2.24, 2.45) is 0 Å². The van der Waals surface area contributed by atoms with Gasteiger partial charge in [-0.3, -0.25) is 4.79 Å². The fourth-order valence-electron chi connectivity index (χ4n) is 2.37. The van der Waals surface area contributed by atoms with Crippen molar-refractivity contribution in [3.63, 3.8) is 0 Å². The molecule has 0 spiro atoms. The molecule has 2 heterocycles. The van der Waals surface area contributed by atoms with Crippen LogP contribution in [0.15, 0.2) is 30.6 Å². The molecule has 1 N–H and O–H groups in total. The quantitative estimate of drug-likeness (QED) is 0.936. The van der Waals surface area contributed by atoms with Crippen LogP contribution in [0.5, 0.6) is 11.6 Å². The van der Waals surface area contributed by atoms with Gasteiger partial charge in [-0.15, -0.1) is 0 Å². The van der Waals surface area contributed by atoms with Gasteiger partial charge in [0.1, 0.15) is 17.9 Å². The van der Waals surface area contributed by atoms with Crippen LogP contribution in [0, 0.1) is 0 Å². The third-order valence-corrected chi connectivity index (χ3v) is 3.35. The predicted molar refractivity (Wildman–Crippen MR) is 79.8 cm³/mol. The van der Waals surface area contributed by atoms with Crippen molar-refractivity contribution in [3.8, 4) is 11.6 Å². The van der Waals surface area contributed by atoms with Gasteiger partial charge in [0.15, 0.2) is 0 Å². The SMILES string of the molecule is CC(=O)Nc1cc(Oc2ccc3c(c2)CCN3C)ncn1. The number of carbonyl (C=O) groups excluding carboxylic acids is 1. The van der Waals surface area contributed by atoms with E-state index in [1.165, 1.54) is 24.5 Å². The second-order valence-corrected chi connectivity index (χ2v) is 4.99. The lowest BCUT2D eigenvalue weighted by molar-refractivity contribution is -0.114. The van der Waals surface area contributed by atoms with Gasteiger partial charge in [0.2, 0.25) is 11.8 Å². The molecule has 6 nitrogen and oxygen atoms in total. The molecule has 1 amide bonds. The summed E-state index contributed by atoms with van der Waals surface area (Å²) < 4.78 is 5.74. The molecule has 108 valence electrons. The first kappa shape index (κ1) is 13.4. The van der Waals surface area contributed by atoms with E-state index in [2.05, 4.69) is 27.2 Å². The summed E-state index contributed by atoms with van der Waals surface area (Å²) in [6, 6.07) is 7.59. The van der Waals surface area contributed by atoms with E-state index in [1.54, 1.807) is 6.07 Å². The Morgan fingerprint density at radius 3 is 3.00 bits per heavy atom. The lowest BCUT2D eigenvalue weighted by Gasteiger charge is -2.12. The number of likely N-dealkylation sites (N-methyl/N-ethyl adjacent to an activating group) is 1. The Balaban J connectivity index is 1.79. The monoisotopic (exact) mass is 284 g/mol. The van der Waals surface area contributed by atoms with E-state index in [0.29, 0.717) is 11.7 Å². The highest BCUT2D eigenvalue weighted by molar-refractivity contribution is 5.87. The number of rotatable bonds is 3. The molecule has 0 bridgehead atoms. The van der Waals surface area contributed by atoms with Crippen LogP contribution >= 0.6 is 0 Å². The summed E-state index contributed by atoms with van der Waals surface area (Å²) in [6.45, 7) is 2.46. The first-order valence-electron chi connectivity index (χ1n) is 6.73.